The second kappa shape index (κ2) is 51.6. The van der Waals surface area contributed by atoms with E-state index in [0.29, 0.717) is 24.4 Å². The van der Waals surface area contributed by atoms with Crippen molar-refractivity contribution < 1.29 is 130 Å². The van der Waals surface area contributed by atoms with Crippen LogP contribution in [-0.4, -0.2) is 155 Å². The standard InChI is InChI=1S/2C16H13N2O.C16H15N2.C15H15N2.4C5H8O2.4Ir/c1-18-11-15(12-7-3-2-4-8-12)17-14-10-6-5-9-13(14)16(18)19;1-18-15(19)11-13-9-5-6-10-14(13)17-16(18)12-7-3-2-4-8-12;1-18-12-11-13-7-5-6-10-15(13)17-16(18)14-8-3-2-4-9-14;1-17(2)15-10-8-14(9-11-15)16-12-13-6-4-3-5-7-13;4*1-4(6)3-5(2)7;;;;/h2*2-7,9-10H,11H2,1H3;2-5,7-8,11-12H,6,10H2,1H3;3-6,8-12H,1-2H3;4*3,6H,1-2H3;;;;/q4*-1;;;;;;;;/p+4. The van der Waals surface area contributed by atoms with Crippen LogP contribution < -0.4 is 4.90 Å². The molecule has 0 atom stereocenters. The first kappa shape index (κ1) is 95.4. The summed E-state index contributed by atoms with van der Waals surface area (Å²) in [6.07, 6.45) is 18.0. The van der Waals surface area contributed by atoms with Crippen molar-refractivity contribution in [2.45, 2.75) is 74.7 Å². The summed E-state index contributed by atoms with van der Waals surface area (Å²) in [6.45, 7) is 12.5. The molecule has 2 amide bonds. The number of aliphatic hydroxyl groups excluding tert-OH is 4. The van der Waals surface area contributed by atoms with Crippen molar-refractivity contribution in [1.29, 1.82) is 0 Å². The summed E-state index contributed by atoms with van der Waals surface area (Å²) in [7, 11) is 9.63. The van der Waals surface area contributed by atoms with Gasteiger partial charge in [-0.2, -0.15) is 0 Å². The van der Waals surface area contributed by atoms with E-state index < -0.39 is 0 Å². The fourth-order valence-electron chi connectivity index (χ4n) is 9.16. The molecule has 11 rings (SSSR count). The quantitative estimate of drug-likeness (QED) is 0.0335. The molecular weight excluding hydrogens is 2040 g/mol. The Morgan fingerprint density at radius 2 is 0.981 bits per heavy atom. The molecule has 7 aromatic carbocycles. The maximum atomic E-state index is 12.3. The van der Waals surface area contributed by atoms with E-state index in [9.17, 15) is 9.59 Å². The number of carbonyl (C=O) groups excluding carboxylic acids is 6. The third-order valence-electron chi connectivity index (χ3n) is 13.6. The van der Waals surface area contributed by atoms with Crippen molar-refractivity contribution in [3.05, 3.63) is 311 Å². The first-order chi connectivity index (χ1) is 48.1. The molecule has 0 spiro atoms. The van der Waals surface area contributed by atoms with Gasteiger partial charge in [0.1, 0.15) is 0 Å². The Morgan fingerprint density at radius 3 is 1.44 bits per heavy atom. The Bertz CT molecular complexity index is 4160. The van der Waals surface area contributed by atoms with Crippen LogP contribution in [0.1, 0.15) is 106 Å². The van der Waals surface area contributed by atoms with Crippen LogP contribution in [0.3, 0.4) is 0 Å². The molecule has 8 N–H and O–H groups in total. The number of nitrogens with zero attached hydrogens (tertiary/aromatic N) is 8. The number of allylic oxidation sites excluding steroid dienone is 13. The number of aliphatic imine (C=N–C) groups is 4. The van der Waals surface area contributed by atoms with Gasteiger partial charge >= 0.3 is 23.1 Å². The van der Waals surface area contributed by atoms with Gasteiger partial charge in [0, 0.05) is 134 Å². The summed E-state index contributed by atoms with van der Waals surface area (Å²) in [6, 6.07) is 67.0. The molecule has 7 aromatic rings. The summed E-state index contributed by atoms with van der Waals surface area (Å²) >= 11 is 0. The maximum absolute atomic E-state index is 12.3. The summed E-state index contributed by atoms with van der Waals surface area (Å²) in [5.74, 6) is 2.66. The number of hydrogen-bond donors (Lipinski definition) is 4. The van der Waals surface area contributed by atoms with Gasteiger partial charge in [-0.1, -0.05) is 42.5 Å². The first-order valence-corrected chi connectivity index (χ1v) is 32.1. The van der Waals surface area contributed by atoms with Crippen LogP contribution >= 0.6 is 0 Å². The summed E-state index contributed by atoms with van der Waals surface area (Å²) < 4.78 is 0. The third-order valence-corrected chi connectivity index (χ3v) is 13.6. The van der Waals surface area contributed by atoms with Crippen molar-refractivity contribution >= 4 is 81.3 Å². The SMILES string of the molecule is CC(=[OH+])C=C(C)O.CC(=[OH+])C=C(C)O.CC(=[OH+])C=C(C)O.CC(=[OH+])C=C(C)O.CN(C)c1ccc(N=Cc2[c-]cccc2)cc1.CN1C(=O)Cc2ccccc2N=C1c1[c-]cccc1.CN1C=CC2=C(CCC=C2)N=C1c1[c-]cccc1.CN1CC(c2[c-]cccc2)=Nc2ccccc2C1=O.[Ir].[Ir].[Ir].[Ir]. The number of likely N-dealkylation sites (N-methyl/N-ethyl adjacent to an activating group) is 2. The van der Waals surface area contributed by atoms with Gasteiger partial charge < -0.3 is 45.0 Å². The largest absolute Gasteiger partial charge is 0.512 e. The number of aliphatic hydroxyl groups is 4. The zero-order valence-electron chi connectivity index (χ0n) is 61.0. The minimum absolute atomic E-state index is 0. The monoisotopic (exact) mass is 2130 g/mol. The van der Waals surface area contributed by atoms with Crippen LogP contribution in [0.5, 0.6) is 0 Å². The zero-order chi connectivity index (χ0) is 74.4. The molecule has 560 valence electrons. The number of anilines is 1. The molecule has 4 aliphatic rings. The Morgan fingerprint density at radius 1 is 0.524 bits per heavy atom. The predicted molar refractivity (Wildman–Crippen MR) is 413 cm³/mol. The topological polar surface area (TPSA) is 263 Å². The van der Waals surface area contributed by atoms with Crippen molar-refractivity contribution in [2.24, 2.45) is 20.0 Å². The van der Waals surface area contributed by atoms with Gasteiger partial charge in [0.25, 0.3) is 5.91 Å². The molecule has 18 nitrogen and oxygen atoms in total. The minimum atomic E-state index is 0. The van der Waals surface area contributed by atoms with E-state index in [-0.39, 0.29) is 138 Å². The summed E-state index contributed by atoms with van der Waals surface area (Å²) in [4.78, 5) is 84.0. The van der Waals surface area contributed by atoms with Crippen LogP contribution in [0.25, 0.3) is 0 Å². The molecule has 0 aromatic heterocycles. The third kappa shape index (κ3) is 37.1. The Hall–Kier alpha value is -9.58. The van der Waals surface area contributed by atoms with Gasteiger partial charge in [0.05, 0.1) is 116 Å². The van der Waals surface area contributed by atoms with Crippen LogP contribution in [0, 0.1) is 24.3 Å². The van der Waals surface area contributed by atoms with Crippen LogP contribution in [0.15, 0.2) is 273 Å². The molecule has 22 heteroatoms. The van der Waals surface area contributed by atoms with E-state index >= 15 is 0 Å². The molecule has 0 unspecified atom stereocenters. The normalized spacial score (nSPS) is 13.3. The molecule has 0 saturated carbocycles. The summed E-state index contributed by atoms with van der Waals surface area (Å²) in [5.41, 5.74) is 12.4. The molecule has 0 saturated heterocycles. The Kier molecular flexibility index (Phi) is 46.9. The van der Waals surface area contributed by atoms with E-state index in [4.69, 9.17) is 44.6 Å². The van der Waals surface area contributed by atoms with Gasteiger partial charge in [0.2, 0.25) is 5.91 Å². The zero-order valence-corrected chi connectivity index (χ0v) is 70.6. The molecule has 1 aliphatic carbocycles. The molecule has 0 fully saturated rings. The number of fused-ring (bicyclic) bond motifs is 2. The molecule has 0 bridgehead atoms. The number of amides is 2. The predicted octanol–water partition coefficient (Wildman–Crippen LogP) is 15.9. The second-order valence-corrected chi connectivity index (χ2v) is 23.2. The van der Waals surface area contributed by atoms with Crippen LogP contribution in [0.4, 0.5) is 22.7 Å². The van der Waals surface area contributed by atoms with Crippen molar-refractivity contribution in [2.75, 3.05) is 46.7 Å². The Labute approximate surface area is 672 Å². The van der Waals surface area contributed by atoms with Crippen LogP contribution in [0.2, 0.25) is 0 Å². The molecular formula is C83H92Ir4N8O10. The van der Waals surface area contributed by atoms with Crippen molar-refractivity contribution in [3.63, 3.8) is 0 Å². The fraction of sp³-hybridized carbons (Fsp3) is 0.205. The maximum Gasteiger partial charge on any atom is 0.316 e. The minimum Gasteiger partial charge on any atom is -0.512 e. The number of ketones is 4. The van der Waals surface area contributed by atoms with Gasteiger partial charge in [-0.3, -0.25) is 43.7 Å². The van der Waals surface area contributed by atoms with Gasteiger partial charge in [0.15, 0.2) is 0 Å². The van der Waals surface area contributed by atoms with E-state index in [1.165, 1.54) is 96.7 Å². The van der Waals surface area contributed by atoms with Crippen molar-refractivity contribution in [1.82, 2.24) is 14.7 Å². The number of para-hydroxylation sites is 2. The van der Waals surface area contributed by atoms with Gasteiger partial charge in [-0.05, 0) is 118 Å². The fourth-order valence-corrected chi connectivity index (χ4v) is 9.16. The van der Waals surface area contributed by atoms with E-state index in [1.807, 2.05) is 185 Å². The molecule has 3 aliphatic heterocycles. The smallest absolute Gasteiger partial charge is 0.316 e. The van der Waals surface area contributed by atoms with Crippen molar-refractivity contribution in [3.8, 4) is 0 Å². The number of rotatable bonds is 10. The number of benzene rings is 7. The average molecular weight is 2130 g/mol. The average Bonchev–Trinajstić information content (AvgIpc) is 1.70. The van der Waals surface area contributed by atoms with E-state index in [2.05, 4.69) is 85.6 Å². The molecule has 4 radical (unpaired) electrons. The Balaban J connectivity index is 0.00000121. The van der Waals surface area contributed by atoms with Gasteiger partial charge in [-0.25, -0.2) is 0 Å². The second-order valence-electron chi connectivity index (χ2n) is 23.2. The van der Waals surface area contributed by atoms with Gasteiger partial charge in [-0.15, -0.1) is 144 Å². The first-order valence-electron chi connectivity index (χ1n) is 32.1. The number of amidine groups is 2. The number of carbonyl (C=O) groups is 2. The molecule has 105 heavy (non-hydrogen) atoms. The van der Waals surface area contributed by atoms with E-state index in [1.54, 1.807) is 23.9 Å². The van der Waals surface area contributed by atoms with Crippen LogP contribution in [-0.2, 0) is 91.6 Å². The van der Waals surface area contributed by atoms with E-state index in [0.717, 1.165) is 69.3 Å². The summed E-state index contributed by atoms with van der Waals surface area (Å²) in [5, 5.41) is 33.6. The number of hydrogen-bond acceptors (Lipinski definition) is 12. The molecule has 3 heterocycles.